The molecular formula is C13H22ClN3O. The molecule has 0 saturated heterocycles. The molecule has 0 aromatic carbocycles. The third-order valence-corrected chi connectivity index (χ3v) is 4.40. The molecule has 18 heavy (non-hydrogen) atoms. The molecule has 2 N–H and O–H groups in total. The van der Waals surface area contributed by atoms with Crippen LogP contribution in [-0.2, 0) is 12.0 Å². The highest BCUT2D eigenvalue weighted by Gasteiger charge is 2.38. The Kier molecular flexibility index (Phi) is 4.28. The number of aromatic nitrogens is 2. The monoisotopic (exact) mass is 271 g/mol. The molecule has 4 nitrogen and oxygen atoms in total. The maximum absolute atomic E-state index is 6.17. The van der Waals surface area contributed by atoms with E-state index in [-0.39, 0.29) is 17.9 Å². The van der Waals surface area contributed by atoms with Crippen molar-refractivity contribution < 1.29 is 4.52 Å². The summed E-state index contributed by atoms with van der Waals surface area (Å²) < 4.78 is 5.31. The van der Waals surface area contributed by atoms with Crippen LogP contribution in [0.25, 0.3) is 0 Å². The van der Waals surface area contributed by atoms with Crippen LogP contribution in [0.3, 0.4) is 0 Å². The van der Waals surface area contributed by atoms with Crippen LogP contribution >= 0.6 is 12.4 Å². The van der Waals surface area contributed by atoms with Gasteiger partial charge in [0.05, 0.1) is 5.54 Å². The maximum atomic E-state index is 6.17. The van der Waals surface area contributed by atoms with Gasteiger partial charge in [-0.15, -0.1) is 12.4 Å². The number of aryl methyl sites for hydroxylation is 1. The van der Waals surface area contributed by atoms with E-state index in [4.69, 9.17) is 10.3 Å². The van der Waals surface area contributed by atoms with Gasteiger partial charge in [0.1, 0.15) is 0 Å². The summed E-state index contributed by atoms with van der Waals surface area (Å²) in [6.45, 7) is 0. The largest absolute Gasteiger partial charge is 0.339 e. The van der Waals surface area contributed by atoms with Crippen molar-refractivity contribution in [3.05, 3.63) is 11.7 Å². The van der Waals surface area contributed by atoms with Crippen LogP contribution in [0.1, 0.15) is 63.1 Å². The van der Waals surface area contributed by atoms with Crippen LogP contribution in [0.5, 0.6) is 0 Å². The van der Waals surface area contributed by atoms with Crippen molar-refractivity contribution >= 4 is 12.4 Å². The fourth-order valence-corrected chi connectivity index (χ4v) is 2.97. The van der Waals surface area contributed by atoms with Crippen LogP contribution in [0.15, 0.2) is 4.52 Å². The Morgan fingerprint density at radius 1 is 1.22 bits per heavy atom. The van der Waals surface area contributed by atoms with E-state index >= 15 is 0 Å². The molecule has 2 aliphatic rings. The fourth-order valence-electron chi connectivity index (χ4n) is 2.97. The molecule has 0 spiro atoms. The van der Waals surface area contributed by atoms with E-state index in [0.29, 0.717) is 0 Å². The fraction of sp³-hybridized carbons (Fsp3) is 0.846. The van der Waals surface area contributed by atoms with Gasteiger partial charge >= 0.3 is 0 Å². The van der Waals surface area contributed by atoms with Crippen molar-refractivity contribution in [3.63, 3.8) is 0 Å². The molecule has 3 rings (SSSR count). The second kappa shape index (κ2) is 5.57. The maximum Gasteiger partial charge on any atom is 0.226 e. The molecule has 2 saturated carbocycles. The average Bonchev–Trinajstić information content (AvgIpc) is 2.94. The molecular weight excluding hydrogens is 250 g/mol. The third kappa shape index (κ3) is 2.69. The summed E-state index contributed by atoms with van der Waals surface area (Å²) in [5, 5.41) is 4.04. The van der Waals surface area contributed by atoms with Crippen molar-refractivity contribution in [2.75, 3.05) is 0 Å². The zero-order chi connectivity index (χ0) is 11.7. The van der Waals surface area contributed by atoms with E-state index in [0.717, 1.165) is 36.9 Å². The van der Waals surface area contributed by atoms with E-state index in [9.17, 15) is 0 Å². The van der Waals surface area contributed by atoms with E-state index in [1.807, 2.05) is 0 Å². The zero-order valence-electron chi connectivity index (χ0n) is 10.7. The summed E-state index contributed by atoms with van der Waals surface area (Å²) in [4.78, 5) is 4.46. The SMILES string of the molecule is Cl.NC1(c2noc(CCC3CCCC3)n2)CCC1. The first-order chi connectivity index (χ1) is 8.26. The Balaban J connectivity index is 0.00000120. The molecule has 1 aromatic heterocycles. The molecule has 5 heteroatoms. The van der Waals surface area contributed by atoms with Gasteiger partial charge in [0, 0.05) is 6.42 Å². The summed E-state index contributed by atoms with van der Waals surface area (Å²) >= 11 is 0. The number of nitrogens with two attached hydrogens (primary N) is 1. The van der Waals surface area contributed by atoms with E-state index in [1.54, 1.807) is 0 Å². The first-order valence-corrected chi connectivity index (χ1v) is 6.88. The molecule has 1 heterocycles. The number of hydrogen-bond donors (Lipinski definition) is 1. The van der Waals surface area contributed by atoms with Crippen molar-refractivity contribution in [2.24, 2.45) is 11.7 Å². The lowest BCUT2D eigenvalue weighted by Gasteiger charge is -2.34. The van der Waals surface area contributed by atoms with Gasteiger partial charge < -0.3 is 10.3 Å². The lowest BCUT2D eigenvalue weighted by atomic mass is 9.77. The van der Waals surface area contributed by atoms with Gasteiger partial charge in [-0.1, -0.05) is 30.8 Å². The second-order valence-corrected chi connectivity index (χ2v) is 5.71. The lowest BCUT2D eigenvalue weighted by molar-refractivity contribution is 0.228. The topological polar surface area (TPSA) is 64.9 Å². The van der Waals surface area contributed by atoms with Crippen molar-refractivity contribution in [1.29, 1.82) is 0 Å². The minimum Gasteiger partial charge on any atom is -0.339 e. The van der Waals surface area contributed by atoms with Gasteiger partial charge in [0.2, 0.25) is 5.89 Å². The number of hydrogen-bond acceptors (Lipinski definition) is 4. The second-order valence-electron chi connectivity index (χ2n) is 5.71. The predicted octanol–water partition coefficient (Wildman–Crippen LogP) is 2.95. The number of halogens is 1. The molecule has 0 amide bonds. The summed E-state index contributed by atoms with van der Waals surface area (Å²) in [6, 6.07) is 0. The molecule has 0 bridgehead atoms. The van der Waals surface area contributed by atoms with Crippen LogP contribution in [0, 0.1) is 5.92 Å². The highest BCUT2D eigenvalue weighted by atomic mass is 35.5. The van der Waals surface area contributed by atoms with Gasteiger partial charge in [-0.3, -0.25) is 0 Å². The molecule has 0 atom stereocenters. The van der Waals surface area contributed by atoms with Crippen LogP contribution in [0.2, 0.25) is 0 Å². The van der Waals surface area contributed by atoms with Crippen molar-refractivity contribution in [1.82, 2.24) is 10.1 Å². The van der Waals surface area contributed by atoms with Gasteiger partial charge in [0.15, 0.2) is 5.82 Å². The zero-order valence-corrected chi connectivity index (χ0v) is 11.5. The number of rotatable bonds is 4. The number of nitrogens with zero attached hydrogens (tertiary/aromatic N) is 2. The Labute approximate surface area is 114 Å². The predicted molar refractivity (Wildman–Crippen MR) is 71.5 cm³/mol. The van der Waals surface area contributed by atoms with E-state index in [1.165, 1.54) is 38.5 Å². The summed E-state index contributed by atoms with van der Waals surface area (Å²) in [7, 11) is 0. The Morgan fingerprint density at radius 2 is 1.94 bits per heavy atom. The van der Waals surface area contributed by atoms with Gasteiger partial charge in [-0.05, 0) is 31.6 Å². The van der Waals surface area contributed by atoms with Crippen LogP contribution < -0.4 is 5.73 Å². The van der Waals surface area contributed by atoms with Crippen LogP contribution in [-0.4, -0.2) is 10.1 Å². The molecule has 0 radical (unpaired) electrons. The standard InChI is InChI=1S/C13H21N3O.ClH/c14-13(8-3-9-13)12-15-11(17-16-12)7-6-10-4-1-2-5-10;/h10H,1-9,14H2;1H. The minimum absolute atomic E-state index is 0. The molecule has 1 aromatic rings. The normalized spacial score (nSPS) is 22.5. The molecule has 2 aliphatic carbocycles. The first-order valence-electron chi connectivity index (χ1n) is 6.88. The average molecular weight is 272 g/mol. The van der Waals surface area contributed by atoms with Gasteiger partial charge in [0.25, 0.3) is 0 Å². The Hall–Kier alpha value is -0.610. The highest BCUT2D eigenvalue weighted by Crippen LogP contribution is 2.37. The Bertz CT molecular complexity index is 383. The smallest absolute Gasteiger partial charge is 0.226 e. The summed E-state index contributed by atoms with van der Waals surface area (Å²) in [6.07, 6.45) is 10.8. The highest BCUT2D eigenvalue weighted by molar-refractivity contribution is 5.85. The molecule has 2 fully saturated rings. The lowest BCUT2D eigenvalue weighted by Crippen LogP contribution is -2.44. The van der Waals surface area contributed by atoms with E-state index < -0.39 is 0 Å². The van der Waals surface area contributed by atoms with Gasteiger partial charge in [-0.2, -0.15) is 4.98 Å². The third-order valence-electron chi connectivity index (χ3n) is 4.40. The van der Waals surface area contributed by atoms with Crippen LogP contribution in [0.4, 0.5) is 0 Å². The molecule has 102 valence electrons. The molecule has 0 aliphatic heterocycles. The summed E-state index contributed by atoms with van der Waals surface area (Å²) in [5.74, 6) is 2.38. The molecule has 0 unspecified atom stereocenters. The van der Waals surface area contributed by atoms with E-state index in [2.05, 4.69) is 10.1 Å². The van der Waals surface area contributed by atoms with Crippen molar-refractivity contribution in [2.45, 2.75) is 63.3 Å². The quantitative estimate of drug-likeness (QED) is 0.914. The minimum atomic E-state index is -0.283. The van der Waals surface area contributed by atoms with Crippen molar-refractivity contribution in [3.8, 4) is 0 Å². The Morgan fingerprint density at radius 3 is 2.56 bits per heavy atom. The van der Waals surface area contributed by atoms with Gasteiger partial charge in [-0.25, -0.2) is 0 Å². The summed E-state index contributed by atoms with van der Waals surface area (Å²) in [5.41, 5.74) is 5.89. The first kappa shape index (κ1) is 13.8.